The summed E-state index contributed by atoms with van der Waals surface area (Å²) in [6, 6.07) is 12.8. The molecule has 1 aliphatic rings. The van der Waals surface area contributed by atoms with Crippen molar-refractivity contribution >= 4 is 34.8 Å². The third-order valence-corrected chi connectivity index (χ3v) is 4.91. The van der Waals surface area contributed by atoms with Gasteiger partial charge >= 0.3 is 0 Å². The zero-order chi connectivity index (χ0) is 19.9. The van der Waals surface area contributed by atoms with E-state index in [1.807, 2.05) is 0 Å². The van der Waals surface area contributed by atoms with Crippen LogP contribution in [0.2, 0.25) is 0 Å². The number of hydrogen-bond acceptors (Lipinski definition) is 3. The largest absolute Gasteiger partial charge is 0.349 e. The third kappa shape index (κ3) is 5.13. The van der Waals surface area contributed by atoms with Crippen LogP contribution in [-0.4, -0.2) is 23.0 Å². The van der Waals surface area contributed by atoms with Gasteiger partial charge in [-0.15, -0.1) is 0 Å². The van der Waals surface area contributed by atoms with Crippen LogP contribution in [0.4, 0.5) is 10.1 Å². The van der Waals surface area contributed by atoms with Gasteiger partial charge in [-0.05, 0) is 49.3 Å². The first-order valence-corrected chi connectivity index (χ1v) is 9.72. The fourth-order valence-electron chi connectivity index (χ4n) is 3.27. The Hall–Kier alpha value is -2.80. The van der Waals surface area contributed by atoms with Gasteiger partial charge in [0.15, 0.2) is 5.11 Å². The molecule has 2 aromatic rings. The number of anilines is 1. The number of benzene rings is 2. The number of amides is 2. The van der Waals surface area contributed by atoms with E-state index < -0.39 is 11.7 Å². The van der Waals surface area contributed by atoms with E-state index in [1.54, 1.807) is 30.3 Å². The molecule has 1 saturated carbocycles. The molecule has 0 spiro atoms. The fourth-order valence-corrected chi connectivity index (χ4v) is 3.47. The number of carbonyl (C=O) groups excluding carboxylic acids is 2. The lowest BCUT2D eigenvalue weighted by atomic mass is 9.95. The monoisotopic (exact) mass is 399 g/mol. The predicted octanol–water partition coefficient (Wildman–Crippen LogP) is 4.02. The molecule has 0 unspecified atom stereocenters. The quantitative estimate of drug-likeness (QED) is 0.680. The number of nitrogens with one attached hydrogen (secondary N) is 3. The molecule has 0 heterocycles. The molecular weight excluding hydrogens is 377 g/mol. The normalized spacial score (nSPS) is 14.2. The van der Waals surface area contributed by atoms with Crippen LogP contribution in [0, 0.1) is 5.82 Å². The number of carbonyl (C=O) groups is 2. The zero-order valence-electron chi connectivity index (χ0n) is 15.3. The van der Waals surface area contributed by atoms with Crippen LogP contribution >= 0.6 is 12.2 Å². The highest BCUT2D eigenvalue weighted by Crippen LogP contribution is 2.20. The molecule has 5 nitrogen and oxygen atoms in total. The van der Waals surface area contributed by atoms with Crippen molar-refractivity contribution in [3.05, 3.63) is 65.5 Å². The molecule has 3 N–H and O–H groups in total. The molecular formula is C21H22FN3O2S. The topological polar surface area (TPSA) is 70.2 Å². The molecule has 7 heteroatoms. The van der Waals surface area contributed by atoms with Crippen LogP contribution in [0.25, 0.3) is 0 Å². The van der Waals surface area contributed by atoms with Crippen molar-refractivity contribution in [1.29, 1.82) is 0 Å². The van der Waals surface area contributed by atoms with Gasteiger partial charge in [-0.2, -0.15) is 0 Å². The molecule has 0 bridgehead atoms. The second kappa shape index (κ2) is 9.41. The Kier molecular flexibility index (Phi) is 6.71. The molecule has 0 radical (unpaired) electrons. The molecule has 3 rings (SSSR count). The summed E-state index contributed by atoms with van der Waals surface area (Å²) in [6.45, 7) is 0. The summed E-state index contributed by atoms with van der Waals surface area (Å²) in [5, 5.41) is 8.36. The Morgan fingerprint density at radius 2 is 1.54 bits per heavy atom. The molecule has 0 atom stereocenters. The second-order valence-electron chi connectivity index (χ2n) is 6.74. The van der Waals surface area contributed by atoms with Gasteiger partial charge < -0.3 is 10.6 Å². The predicted molar refractivity (Wildman–Crippen MR) is 111 cm³/mol. The van der Waals surface area contributed by atoms with Gasteiger partial charge in [-0.3, -0.25) is 14.9 Å². The van der Waals surface area contributed by atoms with Crippen LogP contribution in [0.3, 0.4) is 0 Å². The van der Waals surface area contributed by atoms with E-state index in [9.17, 15) is 14.0 Å². The van der Waals surface area contributed by atoms with Crippen molar-refractivity contribution in [2.75, 3.05) is 5.32 Å². The highest BCUT2D eigenvalue weighted by molar-refractivity contribution is 7.80. The van der Waals surface area contributed by atoms with E-state index in [0.717, 1.165) is 25.7 Å². The average molecular weight is 399 g/mol. The molecule has 0 aliphatic heterocycles. The minimum absolute atomic E-state index is 0.00818. The summed E-state index contributed by atoms with van der Waals surface area (Å²) >= 11 is 5.17. The molecule has 1 aliphatic carbocycles. The van der Waals surface area contributed by atoms with E-state index >= 15 is 0 Å². The summed E-state index contributed by atoms with van der Waals surface area (Å²) in [7, 11) is 0. The molecule has 2 amide bonds. The molecule has 0 saturated heterocycles. The van der Waals surface area contributed by atoms with Gasteiger partial charge in [0, 0.05) is 6.04 Å². The molecule has 146 valence electrons. The number of thiocarbonyl (C=S) groups is 1. The highest BCUT2D eigenvalue weighted by atomic mass is 32.1. The maximum atomic E-state index is 13.7. The SMILES string of the molecule is O=C(NC(=S)Nc1ccccc1C(=O)NC1CCCCC1)c1ccccc1F. The van der Waals surface area contributed by atoms with Crippen LogP contribution in [-0.2, 0) is 0 Å². The first-order valence-electron chi connectivity index (χ1n) is 9.31. The number of para-hydroxylation sites is 1. The Morgan fingerprint density at radius 3 is 2.25 bits per heavy atom. The summed E-state index contributed by atoms with van der Waals surface area (Å²) in [5.74, 6) is -1.46. The smallest absolute Gasteiger partial charge is 0.260 e. The molecule has 2 aromatic carbocycles. The summed E-state index contributed by atoms with van der Waals surface area (Å²) < 4.78 is 13.7. The van der Waals surface area contributed by atoms with Crippen molar-refractivity contribution < 1.29 is 14.0 Å². The fraction of sp³-hybridized carbons (Fsp3) is 0.286. The second-order valence-corrected chi connectivity index (χ2v) is 7.15. The Bertz CT molecular complexity index is 881. The van der Waals surface area contributed by atoms with Crippen molar-refractivity contribution in [2.24, 2.45) is 0 Å². The Morgan fingerprint density at radius 1 is 0.893 bits per heavy atom. The lowest BCUT2D eigenvalue weighted by Crippen LogP contribution is -2.38. The standard InChI is InChI=1S/C21H22FN3O2S/c22-17-12-6-4-10-15(17)19(26)25-21(28)24-18-13-7-5-11-16(18)20(27)23-14-8-2-1-3-9-14/h4-7,10-14H,1-3,8-9H2,(H,23,27)(H2,24,25,26,28). The van der Waals surface area contributed by atoms with E-state index in [1.165, 1.54) is 24.6 Å². The first kappa shape index (κ1) is 19.9. The van der Waals surface area contributed by atoms with Gasteiger partial charge in [-0.1, -0.05) is 43.5 Å². The minimum Gasteiger partial charge on any atom is -0.349 e. The molecule has 0 aromatic heterocycles. The lowest BCUT2D eigenvalue weighted by molar-refractivity contribution is 0.0927. The summed E-state index contributed by atoms with van der Waals surface area (Å²) in [6.07, 6.45) is 5.42. The maximum absolute atomic E-state index is 13.7. The summed E-state index contributed by atoms with van der Waals surface area (Å²) in [5.41, 5.74) is 0.820. The first-order chi connectivity index (χ1) is 13.5. The average Bonchev–Trinajstić information content (AvgIpc) is 2.69. The van der Waals surface area contributed by atoms with Crippen LogP contribution in [0.15, 0.2) is 48.5 Å². The van der Waals surface area contributed by atoms with Gasteiger partial charge in [0.25, 0.3) is 11.8 Å². The van der Waals surface area contributed by atoms with Crippen LogP contribution in [0.5, 0.6) is 0 Å². The van der Waals surface area contributed by atoms with Crippen molar-refractivity contribution in [3.63, 3.8) is 0 Å². The van der Waals surface area contributed by atoms with Gasteiger partial charge in [0.05, 0.1) is 16.8 Å². The van der Waals surface area contributed by atoms with E-state index in [0.29, 0.717) is 11.3 Å². The summed E-state index contributed by atoms with van der Waals surface area (Å²) in [4.78, 5) is 24.9. The van der Waals surface area contributed by atoms with Gasteiger partial charge in [0.2, 0.25) is 0 Å². The van der Waals surface area contributed by atoms with Crippen LogP contribution < -0.4 is 16.0 Å². The highest BCUT2D eigenvalue weighted by Gasteiger charge is 2.19. The number of hydrogen-bond donors (Lipinski definition) is 3. The number of rotatable bonds is 4. The number of halogens is 1. The van der Waals surface area contributed by atoms with Crippen molar-refractivity contribution in [3.8, 4) is 0 Å². The van der Waals surface area contributed by atoms with Crippen molar-refractivity contribution in [2.45, 2.75) is 38.1 Å². The van der Waals surface area contributed by atoms with Gasteiger partial charge in [0.1, 0.15) is 5.82 Å². The molecule has 1 fully saturated rings. The maximum Gasteiger partial charge on any atom is 0.260 e. The van der Waals surface area contributed by atoms with Crippen molar-refractivity contribution in [1.82, 2.24) is 10.6 Å². The van der Waals surface area contributed by atoms with Crippen LogP contribution in [0.1, 0.15) is 52.8 Å². The lowest BCUT2D eigenvalue weighted by Gasteiger charge is -2.23. The molecule has 28 heavy (non-hydrogen) atoms. The van der Waals surface area contributed by atoms with E-state index in [2.05, 4.69) is 16.0 Å². The Balaban J connectivity index is 1.65. The van der Waals surface area contributed by atoms with Gasteiger partial charge in [-0.25, -0.2) is 4.39 Å². The third-order valence-electron chi connectivity index (χ3n) is 4.71. The zero-order valence-corrected chi connectivity index (χ0v) is 16.2. The minimum atomic E-state index is -0.653. The Labute approximate surface area is 168 Å². The van der Waals surface area contributed by atoms with E-state index in [-0.39, 0.29) is 22.6 Å². The van der Waals surface area contributed by atoms with E-state index in [4.69, 9.17) is 12.2 Å².